The van der Waals surface area contributed by atoms with Gasteiger partial charge in [-0.05, 0) is 54.8 Å². The third-order valence-electron chi connectivity index (χ3n) is 7.93. The summed E-state index contributed by atoms with van der Waals surface area (Å²) < 4.78 is 23.7. The fourth-order valence-electron chi connectivity index (χ4n) is 5.92. The quantitative estimate of drug-likeness (QED) is 0.318. The molecule has 9 heteroatoms. The van der Waals surface area contributed by atoms with Crippen molar-refractivity contribution in [3.8, 4) is 22.4 Å². The largest absolute Gasteiger partial charge is 0.383 e. The van der Waals surface area contributed by atoms with Crippen molar-refractivity contribution in [2.24, 2.45) is 7.05 Å². The number of aryl methyl sites for hydroxylation is 1. The lowest BCUT2D eigenvalue weighted by Crippen LogP contribution is -2.60. The fraction of sp³-hybridized carbons (Fsp3) is 0.300. The van der Waals surface area contributed by atoms with Gasteiger partial charge in [-0.3, -0.25) is 9.69 Å². The van der Waals surface area contributed by atoms with E-state index in [0.717, 1.165) is 36.2 Å². The van der Waals surface area contributed by atoms with Crippen LogP contribution in [0.3, 0.4) is 0 Å². The molecule has 1 amide bonds. The summed E-state index contributed by atoms with van der Waals surface area (Å²) in [6, 6.07) is 13.4. The van der Waals surface area contributed by atoms with Gasteiger partial charge in [-0.1, -0.05) is 37.8 Å². The molecule has 2 aromatic heterocycles. The van der Waals surface area contributed by atoms with Gasteiger partial charge in [-0.15, -0.1) is 0 Å². The number of rotatable bonds is 8. The van der Waals surface area contributed by atoms with Crippen LogP contribution in [0.4, 0.5) is 15.9 Å². The average molecular weight is 527 g/mol. The maximum Gasteiger partial charge on any atom is 0.247 e. The van der Waals surface area contributed by atoms with Gasteiger partial charge in [0, 0.05) is 29.9 Å². The van der Waals surface area contributed by atoms with E-state index in [-0.39, 0.29) is 11.7 Å². The molecule has 0 spiro atoms. The van der Waals surface area contributed by atoms with Crippen molar-refractivity contribution < 1.29 is 13.9 Å². The van der Waals surface area contributed by atoms with E-state index in [1.165, 1.54) is 12.4 Å². The Morgan fingerprint density at radius 2 is 1.95 bits per heavy atom. The highest BCUT2D eigenvalue weighted by atomic mass is 19.1. The number of nitrogen functional groups attached to an aromatic ring is 1. The third kappa shape index (κ3) is 4.09. The predicted octanol–water partition coefficient (Wildman–Crippen LogP) is 4.86. The number of amides is 1. The summed E-state index contributed by atoms with van der Waals surface area (Å²) in [7, 11) is 1.90. The minimum atomic E-state index is -0.437. The third-order valence-corrected chi connectivity index (χ3v) is 7.93. The van der Waals surface area contributed by atoms with Crippen LogP contribution < -0.4 is 11.1 Å². The van der Waals surface area contributed by atoms with E-state index in [1.807, 2.05) is 48.0 Å². The van der Waals surface area contributed by atoms with E-state index < -0.39 is 5.54 Å². The van der Waals surface area contributed by atoms with Crippen molar-refractivity contribution in [3.63, 3.8) is 0 Å². The zero-order valence-corrected chi connectivity index (χ0v) is 22.1. The number of aromatic nitrogens is 3. The maximum atomic E-state index is 16.1. The Hall–Kier alpha value is -4.08. The van der Waals surface area contributed by atoms with Crippen molar-refractivity contribution in [2.45, 2.75) is 31.3 Å². The number of carbonyl (C=O) groups excluding carboxylic acids is 1. The molecule has 3 heterocycles. The van der Waals surface area contributed by atoms with Gasteiger partial charge < -0.3 is 20.4 Å². The lowest BCUT2D eigenvalue weighted by molar-refractivity contribution is -0.150. The molecule has 1 saturated heterocycles. The molecule has 4 aromatic rings. The lowest BCUT2D eigenvalue weighted by Gasteiger charge is -2.50. The van der Waals surface area contributed by atoms with Crippen LogP contribution in [0.5, 0.6) is 0 Å². The Kier molecular flexibility index (Phi) is 6.20. The number of hydrogen-bond donors (Lipinski definition) is 2. The van der Waals surface area contributed by atoms with Gasteiger partial charge in [0.05, 0.1) is 29.8 Å². The normalized spacial score (nSPS) is 16.3. The minimum Gasteiger partial charge on any atom is -0.383 e. The average Bonchev–Trinajstić information content (AvgIpc) is 3.70. The number of carbonyl (C=O) groups is 1. The molecule has 200 valence electrons. The Bertz CT molecular complexity index is 1590. The van der Waals surface area contributed by atoms with Crippen LogP contribution in [0.15, 0.2) is 61.4 Å². The van der Waals surface area contributed by atoms with Crippen LogP contribution in [-0.4, -0.2) is 51.1 Å². The molecule has 0 radical (unpaired) electrons. The number of hydrogen-bond acceptors (Lipinski definition) is 6. The first-order chi connectivity index (χ1) is 18.9. The van der Waals surface area contributed by atoms with Gasteiger partial charge in [0.25, 0.3) is 0 Å². The summed E-state index contributed by atoms with van der Waals surface area (Å²) in [5, 5.41) is 3.43. The minimum absolute atomic E-state index is 0.268. The first-order valence-electron chi connectivity index (χ1n) is 13.2. The molecule has 0 atom stereocenters. The summed E-state index contributed by atoms with van der Waals surface area (Å²) in [6.07, 6.45) is 4.94. The fourth-order valence-corrected chi connectivity index (χ4v) is 5.92. The number of ether oxygens (including phenoxy) is 1. The molecular weight excluding hydrogens is 495 g/mol. The molecule has 1 saturated carbocycles. The van der Waals surface area contributed by atoms with Crippen molar-refractivity contribution in [1.82, 2.24) is 19.4 Å². The number of nitrogens with zero attached hydrogens (tertiary/aromatic N) is 4. The van der Waals surface area contributed by atoms with E-state index in [0.29, 0.717) is 52.9 Å². The molecule has 2 aromatic carbocycles. The van der Waals surface area contributed by atoms with Gasteiger partial charge in [0.2, 0.25) is 5.91 Å². The van der Waals surface area contributed by atoms with E-state index >= 15 is 4.39 Å². The van der Waals surface area contributed by atoms with Crippen LogP contribution >= 0.6 is 0 Å². The number of benzene rings is 2. The Labute approximate surface area is 226 Å². The second-order valence-corrected chi connectivity index (χ2v) is 10.2. The van der Waals surface area contributed by atoms with Crippen molar-refractivity contribution >= 4 is 28.4 Å². The van der Waals surface area contributed by atoms with E-state index in [1.54, 1.807) is 6.07 Å². The topological polar surface area (TPSA) is 98.3 Å². The second kappa shape index (κ2) is 9.59. The Balaban J connectivity index is 1.48. The van der Waals surface area contributed by atoms with Crippen LogP contribution in [0.2, 0.25) is 0 Å². The van der Waals surface area contributed by atoms with Crippen molar-refractivity contribution in [1.29, 1.82) is 0 Å². The molecule has 2 aliphatic rings. The Morgan fingerprint density at radius 3 is 2.54 bits per heavy atom. The molecular formula is C30H31FN6O2. The highest BCUT2D eigenvalue weighted by Gasteiger charge is 2.51. The number of fused-ring (bicyclic) bond motifs is 1. The highest BCUT2D eigenvalue weighted by Crippen LogP contribution is 2.46. The predicted molar refractivity (Wildman–Crippen MR) is 150 cm³/mol. The number of nitrogens with two attached hydrogens (primary N) is 1. The summed E-state index contributed by atoms with van der Waals surface area (Å²) in [6.45, 7) is 7.45. The van der Waals surface area contributed by atoms with E-state index in [4.69, 9.17) is 10.5 Å². The van der Waals surface area contributed by atoms with Crippen LogP contribution in [0.25, 0.3) is 33.4 Å². The summed E-state index contributed by atoms with van der Waals surface area (Å²) >= 11 is 0. The van der Waals surface area contributed by atoms with Gasteiger partial charge in [0.15, 0.2) is 0 Å². The molecule has 2 fully saturated rings. The zero-order valence-electron chi connectivity index (χ0n) is 22.1. The smallest absolute Gasteiger partial charge is 0.247 e. The van der Waals surface area contributed by atoms with Crippen LogP contribution in [0, 0.1) is 5.82 Å². The zero-order chi connectivity index (χ0) is 27.3. The van der Waals surface area contributed by atoms with Crippen LogP contribution in [-0.2, 0) is 22.1 Å². The molecule has 0 unspecified atom stereocenters. The maximum absolute atomic E-state index is 16.1. The van der Waals surface area contributed by atoms with Crippen LogP contribution in [0.1, 0.15) is 25.3 Å². The molecule has 1 aliphatic heterocycles. The molecule has 39 heavy (non-hydrogen) atoms. The van der Waals surface area contributed by atoms with Crippen molar-refractivity contribution in [3.05, 3.63) is 72.8 Å². The number of likely N-dealkylation sites (N-methyl/N-ethyl adjacent to an activating group) is 1. The monoisotopic (exact) mass is 526 g/mol. The van der Waals surface area contributed by atoms with Crippen molar-refractivity contribution in [2.75, 3.05) is 30.8 Å². The van der Waals surface area contributed by atoms with Gasteiger partial charge in [-0.2, -0.15) is 0 Å². The first-order valence-corrected chi connectivity index (χ1v) is 13.2. The highest BCUT2D eigenvalue weighted by molar-refractivity contribution is 6.08. The van der Waals surface area contributed by atoms with Gasteiger partial charge in [-0.25, -0.2) is 14.4 Å². The van der Waals surface area contributed by atoms with Gasteiger partial charge >= 0.3 is 0 Å². The molecule has 1 aliphatic carbocycles. The number of halogens is 1. The molecule has 8 nitrogen and oxygen atoms in total. The van der Waals surface area contributed by atoms with Gasteiger partial charge in [0.1, 0.15) is 23.6 Å². The molecule has 3 N–H and O–H groups in total. The molecule has 0 bridgehead atoms. The number of anilines is 2. The second-order valence-electron chi connectivity index (χ2n) is 10.2. The standard InChI is InChI=1S/C30H31FN6O2/c1-4-24(38)35-20-9-6-18(7-10-20)27-25(26-28(32)33-17-34-29(26)36(27)3)19-8-13-22(23(31)14-19)30(15-39-16-30)37(5-2)21-11-12-21/h4,6-10,13-14,17,21H,1,5,11-12,15-16H2,2-3H3,(H,35,38)(H2,32,33,34). The first kappa shape index (κ1) is 25.2. The molecule has 6 rings (SSSR count). The van der Waals surface area contributed by atoms with E-state index in [2.05, 4.69) is 33.7 Å². The summed E-state index contributed by atoms with van der Waals surface area (Å²) in [5.41, 5.74) is 11.0. The lowest BCUT2D eigenvalue weighted by atomic mass is 9.84. The summed E-state index contributed by atoms with van der Waals surface area (Å²) in [4.78, 5) is 22.9. The Morgan fingerprint density at radius 1 is 1.23 bits per heavy atom. The number of nitrogens with one attached hydrogen (secondary N) is 1. The summed E-state index contributed by atoms with van der Waals surface area (Å²) in [5.74, 6) is -0.230. The van der Waals surface area contributed by atoms with E-state index in [9.17, 15) is 4.79 Å². The SMILES string of the molecule is C=CC(=O)Nc1ccc(-c2c(-c3ccc(C4(N(CC)C5CC5)COC4)c(F)c3)c3c(N)ncnc3n2C)cc1.